The van der Waals surface area contributed by atoms with Crippen molar-refractivity contribution >= 4 is 21.4 Å². The third-order valence-corrected chi connectivity index (χ3v) is 4.86. The van der Waals surface area contributed by atoms with Crippen LogP contribution in [0.3, 0.4) is 0 Å². The maximum atomic E-state index is 12.8. The first-order chi connectivity index (χ1) is 10.0. The minimum Gasteiger partial charge on any atom is -0.397 e. The Balaban J connectivity index is 2.62. The number of nitriles is 1. The van der Waals surface area contributed by atoms with Crippen LogP contribution in [-0.2, 0) is 10.0 Å². The van der Waals surface area contributed by atoms with Crippen LogP contribution in [0.5, 0.6) is 0 Å². The molecule has 2 rings (SSSR count). The number of hydrogen-bond acceptors (Lipinski definition) is 5. The van der Waals surface area contributed by atoms with Gasteiger partial charge in [0.25, 0.3) is 10.0 Å². The van der Waals surface area contributed by atoms with Crippen molar-refractivity contribution < 1.29 is 8.42 Å². The van der Waals surface area contributed by atoms with E-state index < -0.39 is 10.0 Å². The Morgan fingerprint density at radius 3 is 2.62 bits per heavy atom. The lowest BCUT2D eigenvalue weighted by molar-refractivity contribution is 0.591. The molecule has 0 spiro atoms. The van der Waals surface area contributed by atoms with Crippen LogP contribution < -0.4 is 10.0 Å². The van der Waals surface area contributed by atoms with Gasteiger partial charge in [0.2, 0.25) is 0 Å². The molecule has 0 aliphatic heterocycles. The average molecular weight is 302 g/mol. The zero-order valence-electron chi connectivity index (χ0n) is 11.4. The number of aromatic nitrogens is 1. The van der Waals surface area contributed by atoms with E-state index in [4.69, 9.17) is 11.0 Å². The minimum absolute atomic E-state index is 0.127. The lowest BCUT2D eigenvalue weighted by atomic mass is 10.3. The number of nitrogens with two attached hydrogens (primary N) is 1. The highest BCUT2D eigenvalue weighted by Gasteiger charge is 2.27. The lowest BCUT2D eigenvalue weighted by Gasteiger charge is -2.24. The molecule has 2 aromatic rings. The molecule has 2 N–H and O–H groups in total. The number of pyridine rings is 1. The van der Waals surface area contributed by atoms with Gasteiger partial charge in [-0.2, -0.15) is 5.26 Å². The van der Waals surface area contributed by atoms with Crippen molar-refractivity contribution in [2.75, 3.05) is 16.6 Å². The second kappa shape index (κ2) is 5.81. The Labute approximate surface area is 123 Å². The second-order valence-corrected chi connectivity index (χ2v) is 6.02. The molecule has 6 nitrogen and oxygen atoms in total. The molecule has 0 unspecified atom stereocenters. The van der Waals surface area contributed by atoms with Gasteiger partial charge in [-0.05, 0) is 31.2 Å². The SMILES string of the molecule is CCN(c1ccccc1N)S(=O)(=O)c1cccnc1C#N. The highest BCUT2D eigenvalue weighted by molar-refractivity contribution is 7.92. The fourth-order valence-corrected chi connectivity index (χ4v) is 3.58. The maximum absolute atomic E-state index is 12.8. The number of nitrogen functional groups attached to an aromatic ring is 1. The summed E-state index contributed by atoms with van der Waals surface area (Å²) in [5.41, 5.74) is 6.46. The lowest BCUT2D eigenvalue weighted by Crippen LogP contribution is -2.32. The summed E-state index contributed by atoms with van der Waals surface area (Å²) in [6, 6.07) is 11.3. The molecule has 1 aromatic carbocycles. The summed E-state index contributed by atoms with van der Waals surface area (Å²) < 4.78 is 26.7. The Morgan fingerprint density at radius 2 is 2.00 bits per heavy atom. The molecule has 0 aliphatic rings. The molecule has 21 heavy (non-hydrogen) atoms. The predicted octanol–water partition coefficient (Wildman–Crippen LogP) is 1.75. The van der Waals surface area contributed by atoms with Crippen molar-refractivity contribution in [2.24, 2.45) is 0 Å². The second-order valence-electron chi connectivity index (χ2n) is 4.19. The standard InChI is InChI=1S/C14H14N4O2S/c1-2-18(13-7-4-3-6-11(13)16)21(19,20)14-8-5-9-17-12(14)10-15/h3-9H,2,16H2,1H3. The summed E-state index contributed by atoms with van der Waals surface area (Å²) in [6.07, 6.45) is 1.38. The summed E-state index contributed by atoms with van der Waals surface area (Å²) in [5.74, 6) is 0. The van der Waals surface area contributed by atoms with Crippen LogP contribution in [0.1, 0.15) is 12.6 Å². The molecule has 1 heterocycles. The monoisotopic (exact) mass is 302 g/mol. The topological polar surface area (TPSA) is 100 Å². The smallest absolute Gasteiger partial charge is 0.267 e. The first kappa shape index (κ1) is 14.8. The first-order valence-corrected chi connectivity index (χ1v) is 7.68. The van der Waals surface area contributed by atoms with Crippen LogP contribution in [0.15, 0.2) is 47.5 Å². The van der Waals surface area contributed by atoms with E-state index in [1.54, 1.807) is 37.3 Å². The van der Waals surface area contributed by atoms with Gasteiger partial charge in [-0.15, -0.1) is 0 Å². The molecule has 0 aliphatic carbocycles. The molecule has 0 fully saturated rings. The number of hydrogen-bond donors (Lipinski definition) is 1. The molecular formula is C14H14N4O2S. The van der Waals surface area contributed by atoms with Gasteiger partial charge in [-0.25, -0.2) is 13.4 Å². The Hall–Kier alpha value is -2.59. The van der Waals surface area contributed by atoms with Crippen molar-refractivity contribution in [1.29, 1.82) is 5.26 Å². The minimum atomic E-state index is -3.90. The Bertz CT molecular complexity index is 797. The average Bonchev–Trinajstić information content (AvgIpc) is 2.49. The molecule has 108 valence electrons. The fourth-order valence-electron chi connectivity index (χ4n) is 1.99. The van der Waals surface area contributed by atoms with Gasteiger partial charge in [0, 0.05) is 12.7 Å². The van der Waals surface area contributed by atoms with E-state index in [0.717, 1.165) is 0 Å². The normalized spacial score (nSPS) is 10.9. The number of rotatable bonds is 4. The van der Waals surface area contributed by atoms with E-state index in [2.05, 4.69) is 4.98 Å². The van der Waals surface area contributed by atoms with Crippen molar-refractivity contribution in [3.8, 4) is 6.07 Å². The van der Waals surface area contributed by atoms with Gasteiger partial charge in [0.1, 0.15) is 11.0 Å². The van der Waals surface area contributed by atoms with Crippen molar-refractivity contribution in [3.05, 3.63) is 48.3 Å². The molecule has 0 amide bonds. The van der Waals surface area contributed by atoms with Crippen LogP contribution in [-0.4, -0.2) is 19.9 Å². The van der Waals surface area contributed by atoms with Crippen LogP contribution in [0, 0.1) is 11.3 Å². The maximum Gasteiger partial charge on any atom is 0.267 e. The zero-order chi connectivity index (χ0) is 15.5. The molecule has 0 saturated carbocycles. The van der Waals surface area contributed by atoms with Gasteiger partial charge < -0.3 is 5.73 Å². The number of para-hydroxylation sites is 2. The highest BCUT2D eigenvalue weighted by Crippen LogP contribution is 2.29. The molecular weight excluding hydrogens is 288 g/mol. The van der Waals surface area contributed by atoms with Crippen molar-refractivity contribution in [1.82, 2.24) is 4.98 Å². The van der Waals surface area contributed by atoms with Gasteiger partial charge in [0.15, 0.2) is 5.69 Å². The third-order valence-electron chi connectivity index (χ3n) is 2.94. The number of anilines is 2. The van der Waals surface area contributed by atoms with Crippen LogP contribution in [0.25, 0.3) is 0 Å². The fraction of sp³-hybridized carbons (Fsp3) is 0.143. The van der Waals surface area contributed by atoms with Gasteiger partial charge in [0.05, 0.1) is 11.4 Å². The largest absolute Gasteiger partial charge is 0.397 e. The molecule has 0 radical (unpaired) electrons. The number of sulfonamides is 1. The van der Waals surface area contributed by atoms with Gasteiger partial charge in [-0.1, -0.05) is 12.1 Å². The van der Waals surface area contributed by atoms with E-state index in [1.165, 1.54) is 22.6 Å². The summed E-state index contributed by atoms with van der Waals surface area (Å²) in [6.45, 7) is 1.89. The quantitative estimate of drug-likeness (QED) is 0.867. The molecule has 0 atom stereocenters. The summed E-state index contributed by atoms with van der Waals surface area (Å²) in [4.78, 5) is 3.67. The summed E-state index contributed by atoms with van der Waals surface area (Å²) in [5, 5.41) is 9.04. The predicted molar refractivity (Wildman–Crippen MR) is 80.0 cm³/mol. The third kappa shape index (κ3) is 2.66. The molecule has 0 saturated heterocycles. The van der Waals surface area contributed by atoms with E-state index in [0.29, 0.717) is 11.4 Å². The van der Waals surface area contributed by atoms with Crippen LogP contribution in [0.4, 0.5) is 11.4 Å². The first-order valence-electron chi connectivity index (χ1n) is 6.24. The zero-order valence-corrected chi connectivity index (χ0v) is 12.2. The molecule has 1 aromatic heterocycles. The van der Waals surface area contributed by atoms with Crippen LogP contribution >= 0.6 is 0 Å². The van der Waals surface area contributed by atoms with E-state index in [1.807, 2.05) is 0 Å². The van der Waals surface area contributed by atoms with Gasteiger partial charge >= 0.3 is 0 Å². The van der Waals surface area contributed by atoms with Crippen molar-refractivity contribution in [2.45, 2.75) is 11.8 Å². The Kier molecular flexibility index (Phi) is 4.10. The van der Waals surface area contributed by atoms with E-state index in [-0.39, 0.29) is 17.1 Å². The summed E-state index contributed by atoms with van der Waals surface area (Å²) >= 11 is 0. The number of nitrogens with zero attached hydrogens (tertiary/aromatic N) is 3. The van der Waals surface area contributed by atoms with Gasteiger partial charge in [-0.3, -0.25) is 4.31 Å². The van der Waals surface area contributed by atoms with Crippen molar-refractivity contribution in [3.63, 3.8) is 0 Å². The molecule has 0 bridgehead atoms. The highest BCUT2D eigenvalue weighted by atomic mass is 32.2. The number of benzene rings is 1. The van der Waals surface area contributed by atoms with Crippen LogP contribution in [0.2, 0.25) is 0 Å². The Morgan fingerprint density at radius 1 is 1.29 bits per heavy atom. The van der Waals surface area contributed by atoms with E-state index in [9.17, 15) is 8.42 Å². The summed E-state index contributed by atoms with van der Waals surface area (Å²) in [7, 11) is -3.90. The van der Waals surface area contributed by atoms with E-state index >= 15 is 0 Å². The molecule has 7 heteroatoms.